The highest BCUT2D eigenvalue weighted by Gasteiger charge is 2.32. The number of hydrogen-bond donors (Lipinski definition) is 1. The molecule has 33 heavy (non-hydrogen) atoms. The number of aromatic carboxylic acids is 1. The van der Waals surface area contributed by atoms with Crippen LogP contribution in [0.15, 0.2) is 36.4 Å². The standard InChI is InChI=1S/C27H33NO4S/c1-19-10-12-20(13-11-19)25(29)28(16-17-32-21-8-6-5-7-9-21)23-18-22(14-15-27(2,3)4)33-24(23)26(30)31/h5-9,18-20H,10-13,16-17H2,1-4H3,(H,30,31). The van der Waals surface area contributed by atoms with Crippen LogP contribution in [-0.2, 0) is 4.79 Å². The molecule has 2 aromatic rings. The third-order valence-corrected chi connectivity index (χ3v) is 6.74. The number of para-hydroxylation sites is 1. The number of carboxylic acids is 1. The van der Waals surface area contributed by atoms with Gasteiger partial charge in [0.2, 0.25) is 5.91 Å². The van der Waals surface area contributed by atoms with Crippen LogP contribution >= 0.6 is 11.3 Å². The number of carbonyl (C=O) groups is 2. The highest BCUT2D eigenvalue weighted by Crippen LogP contribution is 2.35. The third kappa shape index (κ3) is 7.10. The molecule has 3 rings (SSSR count). The van der Waals surface area contributed by atoms with Gasteiger partial charge in [-0.3, -0.25) is 4.79 Å². The number of anilines is 1. The molecule has 0 unspecified atom stereocenters. The van der Waals surface area contributed by atoms with Gasteiger partial charge in [-0.2, -0.15) is 0 Å². The third-order valence-electron chi connectivity index (χ3n) is 5.72. The van der Waals surface area contributed by atoms with Crippen LogP contribution < -0.4 is 9.64 Å². The van der Waals surface area contributed by atoms with Crippen molar-refractivity contribution in [2.24, 2.45) is 17.3 Å². The van der Waals surface area contributed by atoms with E-state index < -0.39 is 5.97 Å². The van der Waals surface area contributed by atoms with Crippen molar-refractivity contribution in [3.8, 4) is 17.6 Å². The fraction of sp³-hybridized carbons (Fsp3) is 0.481. The molecule has 6 heteroatoms. The Labute approximate surface area is 200 Å². The smallest absolute Gasteiger partial charge is 0.348 e. The molecule has 0 bridgehead atoms. The number of hydrogen-bond acceptors (Lipinski definition) is 4. The van der Waals surface area contributed by atoms with E-state index in [2.05, 4.69) is 18.8 Å². The highest BCUT2D eigenvalue weighted by atomic mass is 32.1. The van der Waals surface area contributed by atoms with Gasteiger partial charge in [0, 0.05) is 11.3 Å². The SMILES string of the molecule is CC1CCC(C(=O)N(CCOc2ccccc2)c2cc(C#CC(C)(C)C)sc2C(=O)O)CC1. The van der Waals surface area contributed by atoms with Crippen LogP contribution in [0.1, 0.15) is 67.9 Å². The first-order valence-corrected chi connectivity index (χ1v) is 12.3. The Morgan fingerprint density at radius 3 is 2.42 bits per heavy atom. The van der Waals surface area contributed by atoms with E-state index in [9.17, 15) is 14.7 Å². The number of nitrogens with zero attached hydrogens (tertiary/aromatic N) is 1. The lowest BCUT2D eigenvalue weighted by atomic mass is 9.82. The summed E-state index contributed by atoms with van der Waals surface area (Å²) in [5.74, 6) is 6.44. The number of ether oxygens (including phenoxy) is 1. The molecule has 1 fully saturated rings. The summed E-state index contributed by atoms with van der Waals surface area (Å²) in [5.41, 5.74) is 0.219. The second kappa shape index (κ2) is 10.9. The summed E-state index contributed by atoms with van der Waals surface area (Å²) >= 11 is 1.12. The van der Waals surface area contributed by atoms with Crippen LogP contribution in [0.4, 0.5) is 5.69 Å². The van der Waals surface area contributed by atoms with Crippen LogP contribution in [0.5, 0.6) is 5.75 Å². The molecular weight excluding hydrogens is 434 g/mol. The van der Waals surface area contributed by atoms with Gasteiger partial charge in [-0.25, -0.2) is 4.79 Å². The van der Waals surface area contributed by atoms with E-state index in [0.29, 0.717) is 16.5 Å². The molecule has 0 spiro atoms. The molecule has 1 aliphatic rings. The van der Waals surface area contributed by atoms with E-state index >= 15 is 0 Å². The molecule has 1 heterocycles. The van der Waals surface area contributed by atoms with Gasteiger partial charge in [-0.05, 0) is 70.6 Å². The summed E-state index contributed by atoms with van der Waals surface area (Å²) in [7, 11) is 0. The molecule has 1 saturated carbocycles. The molecule has 5 nitrogen and oxygen atoms in total. The van der Waals surface area contributed by atoms with Gasteiger partial charge in [0.05, 0.1) is 17.1 Å². The molecule has 1 aromatic carbocycles. The van der Waals surface area contributed by atoms with Gasteiger partial charge in [0.25, 0.3) is 0 Å². The zero-order valence-corrected chi connectivity index (χ0v) is 20.7. The van der Waals surface area contributed by atoms with Crippen LogP contribution in [0.3, 0.4) is 0 Å². The summed E-state index contributed by atoms with van der Waals surface area (Å²) in [5, 5.41) is 9.88. The van der Waals surface area contributed by atoms with Crippen molar-refractivity contribution in [3.05, 3.63) is 46.2 Å². The first-order chi connectivity index (χ1) is 15.6. The van der Waals surface area contributed by atoms with Crippen LogP contribution in [0.2, 0.25) is 0 Å². The molecular formula is C27H33NO4S. The highest BCUT2D eigenvalue weighted by molar-refractivity contribution is 7.15. The Hall–Kier alpha value is -2.78. The van der Waals surface area contributed by atoms with Crippen molar-refractivity contribution in [1.29, 1.82) is 0 Å². The van der Waals surface area contributed by atoms with Crippen molar-refractivity contribution in [1.82, 2.24) is 0 Å². The lowest BCUT2D eigenvalue weighted by Gasteiger charge is -2.31. The second-order valence-corrected chi connectivity index (χ2v) is 10.8. The first kappa shape index (κ1) is 24.9. The van der Waals surface area contributed by atoms with Gasteiger partial charge >= 0.3 is 5.97 Å². The number of carbonyl (C=O) groups excluding carboxylic acids is 1. The Balaban J connectivity index is 1.89. The zero-order chi connectivity index (χ0) is 24.0. The predicted octanol–water partition coefficient (Wildman–Crippen LogP) is 6.08. The average molecular weight is 468 g/mol. The molecule has 1 aliphatic carbocycles. The number of amides is 1. The number of carboxylic acid groups (broad SMARTS) is 1. The Morgan fingerprint density at radius 1 is 1.15 bits per heavy atom. The minimum Gasteiger partial charge on any atom is -0.492 e. The van der Waals surface area contributed by atoms with E-state index in [1.165, 1.54) is 0 Å². The van der Waals surface area contributed by atoms with Crippen molar-refractivity contribution in [2.45, 2.75) is 53.4 Å². The zero-order valence-electron chi connectivity index (χ0n) is 19.9. The fourth-order valence-corrected chi connectivity index (χ4v) is 4.75. The molecule has 1 aromatic heterocycles. The fourth-order valence-electron chi connectivity index (χ4n) is 3.89. The Morgan fingerprint density at radius 2 is 1.82 bits per heavy atom. The monoisotopic (exact) mass is 467 g/mol. The topological polar surface area (TPSA) is 66.8 Å². The van der Waals surface area contributed by atoms with E-state index in [1.54, 1.807) is 11.0 Å². The first-order valence-electron chi connectivity index (χ1n) is 11.5. The second-order valence-electron chi connectivity index (χ2n) is 9.74. The van der Waals surface area contributed by atoms with Gasteiger partial charge in [0.1, 0.15) is 17.2 Å². The molecule has 0 radical (unpaired) electrons. The van der Waals surface area contributed by atoms with Crippen molar-refractivity contribution >= 4 is 28.9 Å². The van der Waals surface area contributed by atoms with Gasteiger partial charge in [0.15, 0.2) is 0 Å². The predicted molar refractivity (Wildman–Crippen MR) is 133 cm³/mol. The van der Waals surface area contributed by atoms with E-state index in [1.807, 2.05) is 51.1 Å². The number of thiophene rings is 1. The van der Waals surface area contributed by atoms with Crippen molar-refractivity contribution in [3.63, 3.8) is 0 Å². The lowest BCUT2D eigenvalue weighted by Crippen LogP contribution is -2.40. The van der Waals surface area contributed by atoms with Crippen LogP contribution in [0, 0.1) is 29.1 Å². The minimum atomic E-state index is -1.04. The largest absolute Gasteiger partial charge is 0.492 e. The minimum absolute atomic E-state index is 0.0193. The number of rotatable bonds is 7. The maximum absolute atomic E-state index is 13.6. The van der Waals surface area contributed by atoms with E-state index in [4.69, 9.17) is 4.74 Å². The summed E-state index contributed by atoms with van der Waals surface area (Å²) < 4.78 is 5.85. The molecule has 1 amide bonds. The Bertz CT molecular complexity index is 1020. The van der Waals surface area contributed by atoms with Crippen molar-refractivity contribution in [2.75, 3.05) is 18.1 Å². The summed E-state index contributed by atoms with van der Waals surface area (Å²) in [6.07, 6.45) is 3.70. The van der Waals surface area contributed by atoms with E-state index in [-0.39, 0.29) is 35.3 Å². The maximum atomic E-state index is 13.6. The van der Waals surface area contributed by atoms with Gasteiger partial charge in [-0.15, -0.1) is 11.3 Å². The Kier molecular flexibility index (Phi) is 8.20. The molecule has 0 atom stereocenters. The molecule has 0 aliphatic heterocycles. The van der Waals surface area contributed by atoms with Crippen LogP contribution in [-0.4, -0.2) is 30.1 Å². The maximum Gasteiger partial charge on any atom is 0.348 e. The molecule has 0 saturated heterocycles. The molecule has 176 valence electrons. The average Bonchev–Trinajstić information content (AvgIpc) is 3.20. The lowest BCUT2D eigenvalue weighted by molar-refractivity contribution is -0.123. The van der Waals surface area contributed by atoms with Crippen molar-refractivity contribution < 1.29 is 19.4 Å². The quantitative estimate of drug-likeness (QED) is 0.501. The molecule has 1 N–H and O–H groups in total. The summed E-state index contributed by atoms with van der Waals surface area (Å²) in [6, 6.07) is 11.2. The normalized spacial score (nSPS) is 18.2. The summed E-state index contributed by atoms with van der Waals surface area (Å²) in [4.78, 5) is 28.1. The van der Waals surface area contributed by atoms with Crippen LogP contribution in [0.25, 0.3) is 0 Å². The number of benzene rings is 1. The summed E-state index contributed by atoms with van der Waals surface area (Å²) in [6.45, 7) is 8.79. The van der Waals surface area contributed by atoms with Gasteiger partial charge < -0.3 is 14.7 Å². The van der Waals surface area contributed by atoms with Gasteiger partial charge in [-0.1, -0.05) is 37.0 Å². The van der Waals surface area contributed by atoms with E-state index in [0.717, 1.165) is 42.8 Å².